The number of piperidine rings is 1. The fraction of sp³-hybridized carbons (Fsp3) is 0.385. The lowest BCUT2D eigenvalue weighted by molar-refractivity contribution is -0.115. The zero-order chi connectivity index (χ0) is 12.6. The zero-order valence-corrected chi connectivity index (χ0v) is 9.87. The number of carbonyl (C=O) groups excluding carboxylic acids is 1. The molecular formula is C13H14FN3O. The Morgan fingerprint density at radius 1 is 1.28 bits per heavy atom. The second-order valence-electron chi connectivity index (χ2n) is 4.73. The Balaban J connectivity index is 1.93. The van der Waals surface area contributed by atoms with Gasteiger partial charge in [0.05, 0.1) is 0 Å². The minimum Gasteiger partial charge on any atom is -0.325 e. The Labute approximate surface area is 104 Å². The lowest BCUT2D eigenvalue weighted by Crippen LogP contribution is -2.53. The highest BCUT2D eigenvalue weighted by Gasteiger charge is 2.40. The van der Waals surface area contributed by atoms with Crippen molar-refractivity contribution in [3.05, 3.63) is 35.6 Å². The van der Waals surface area contributed by atoms with Crippen molar-refractivity contribution in [2.24, 2.45) is 4.99 Å². The number of benzene rings is 1. The molecule has 18 heavy (non-hydrogen) atoms. The van der Waals surface area contributed by atoms with E-state index in [1.165, 1.54) is 12.1 Å². The quantitative estimate of drug-likeness (QED) is 0.772. The molecule has 5 heteroatoms. The van der Waals surface area contributed by atoms with Gasteiger partial charge in [-0.05, 0) is 43.7 Å². The molecule has 0 saturated carbocycles. The molecule has 1 aromatic rings. The molecule has 1 amide bonds. The molecule has 2 heterocycles. The number of rotatable bonds is 1. The number of hydrogen-bond acceptors (Lipinski definition) is 3. The fourth-order valence-electron chi connectivity index (χ4n) is 2.46. The molecule has 0 aliphatic carbocycles. The van der Waals surface area contributed by atoms with Crippen molar-refractivity contribution in [3.8, 4) is 0 Å². The van der Waals surface area contributed by atoms with Crippen molar-refractivity contribution in [1.82, 2.24) is 10.6 Å². The number of hydrogen-bond donors (Lipinski definition) is 2. The lowest BCUT2D eigenvalue weighted by atomic mass is 10.0. The zero-order valence-electron chi connectivity index (χ0n) is 9.87. The Hall–Kier alpha value is -1.75. The van der Waals surface area contributed by atoms with E-state index < -0.39 is 5.66 Å². The molecule has 0 radical (unpaired) electrons. The fourth-order valence-corrected chi connectivity index (χ4v) is 2.46. The molecule has 0 unspecified atom stereocenters. The normalized spacial score (nSPS) is 27.2. The Bertz CT molecular complexity index is 503. The van der Waals surface area contributed by atoms with Crippen LogP contribution >= 0.6 is 0 Å². The van der Waals surface area contributed by atoms with Crippen LogP contribution in [0.1, 0.15) is 18.4 Å². The Morgan fingerprint density at radius 3 is 2.72 bits per heavy atom. The monoisotopic (exact) mass is 247 g/mol. The predicted octanol–water partition coefficient (Wildman–Crippen LogP) is 0.824. The first-order valence-corrected chi connectivity index (χ1v) is 6.08. The third kappa shape index (κ3) is 1.90. The first kappa shape index (κ1) is 11.3. The van der Waals surface area contributed by atoms with Gasteiger partial charge in [-0.25, -0.2) is 9.38 Å². The van der Waals surface area contributed by atoms with E-state index in [4.69, 9.17) is 0 Å². The van der Waals surface area contributed by atoms with Crippen molar-refractivity contribution in [2.75, 3.05) is 13.1 Å². The molecular weight excluding hydrogens is 233 g/mol. The van der Waals surface area contributed by atoms with Crippen LogP contribution in [0.2, 0.25) is 0 Å². The smallest absolute Gasteiger partial charge is 0.272 e. The van der Waals surface area contributed by atoms with Crippen LogP contribution in [0.3, 0.4) is 0 Å². The first-order valence-electron chi connectivity index (χ1n) is 6.08. The van der Waals surface area contributed by atoms with Crippen LogP contribution in [0.25, 0.3) is 0 Å². The minimum atomic E-state index is -0.501. The van der Waals surface area contributed by atoms with Gasteiger partial charge in [0.25, 0.3) is 5.91 Å². The Kier molecular flexibility index (Phi) is 2.63. The molecule has 1 fully saturated rings. The minimum absolute atomic E-state index is 0.176. The molecule has 0 aromatic heterocycles. The van der Waals surface area contributed by atoms with Gasteiger partial charge in [0.1, 0.15) is 17.2 Å². The van der Waals surface area contributed by atoms with Crippen LogP contribution < -0.4 is 10.6 Å². The number of nitrogens with one attached hydrogen (secondary N) is 2. The number of halogens is 1. The average Bonchev–Trinajstić information content (AvgIpc) is 2.68. The molecule has 2 N–H and O–H groups in total. The van der Waals surface area contributed by atoms with E-state index >= 15 is 0 Å². The summed E-state index contributed by atoms with van der Waals surface area (Å²) >= 11 is 0. The molecule has 3 rings (SSSR count). The maximum Gasteiger partial charge on any atom is 0.272 e. The van der Waals surface area contributed by atoms with Gasteiger partial charge in [0.2, 0.25) is 0 Å². The number of aliphatic imine (C=N–C) groups is 1. The van der Waals surface area contributed by atoms with Crippen LogP contribution in [-0.4, -0.2) is 30.4 Å². The summed E-state index contributed by atoms with van der Waals surface area (Å²) < 4.78 is 12.9. The summed E-state index contributed by atoms with van der Waals surface area (Å²) in [5.74, 6) is -0.489. The van der Waals surface area contributed by atoms with E-state index in [-0.39, 0.29) is 11.7 Å². The van der Waals surface area contributed by atoms with Crippen molar-refractivity contribution < 1.29 is 9.18 Å². The van der Waals surface area contributed by atoms with Gasteiger partial charge < -0.3 is 10.6 Å². The third-order valence-corrected chi connectivity index (χ3v) is 3.37. The van der Waals surface area contributed by atoms with Crippen LogP contribution in [0.4, 0.5) is 4.39 Å². The molecule has 1 saturated heterocycles. The van der Waals surface area contributed by atoms with E-state index in [2.05, 4.69) is 15.6 Å². The van der Waals surface area contributed by atoms with Crippen LogP contribution in [0.15, 0.2) is 29.3 Å². The molecule has 0 bridgehead atoms. The predicted molar refractivity (Wildman–Crippen MR) is 65.9 cm³/mol. The summed E-state index contributed by atoms with van der Waals surface area (Å²) in [6, 6.07) is 5.86. The lowest BCUT2D eigenvalue weighted by Gasteiger charge is -2.30. The Morgan fingerprint density at radius 2 is 2.06 bits per heavy atom. The number of carbonyl (C=O) groups is 1. The van der Waals surface area contributed by atoms with Crippen molar-refractivity contribution >= 4 is 11.6 Å². The van der Waals surface area contributed by atoms with Crippen LogP contribution in [-0.2, 0) is 4.79 Å². The third-order valence-electron chi connectivity index (χ3n) is 3.37. The topological polar surface area (TPSA) is 53.5 Å². The molecule has 1 atom stereocenters. The van der Waals surface area contributed by atoms with Crippen LogP contribution in [0.5, 0.6) is 0 Å². The van der Waals surface area contributed by atoms with Crippen molar-refractivity contribution in [2.45, 2.75) is 18.5 Å². The molecule has 2 aliphatic heterocycles. The molecule has 1 aromatic carbocycles. The standard InChI is InChI=1S/C13H14FN3O/c14-10-4-2-9(3-5-10)11-12(18)17-13(16-11)6-1-7-15-8-13/h2-5,15H,1,6-8H2,(H,17,18)/t13-/m1/s1. The number of amides is 1. The maximum absolute atomic E-state index is 12.9. The molecule has 2 aliphatic rings. The van der Waals surface area contributed by atoms with Gasteiger partial charge in [-0.3, -0.25) is 4.79 Å². The highest BCUT2D eigenvalue weighted by atomic mass is 19.1. The van der Waals surface area contributed by atoms with Gasteiger partial charge >= 0.3 is 0 Å². The summed E-state index contributed by atoms with van der Waals surface area (Å²) in [6.45, 7) is 1.61. The largest absolute Gasteiger partial charge is 0.325 e. The summed E-state index contributed by atoms with van der Waals surface area (Å²) in [5, 5.41) is 6.17. The van der Waals surface area contributed by atoms with Crippen molar-refractivity contribution in [1.29, 1.82) is 0 Å². The molecule has 94 valence electrons. The van der Waals surface area contributed by atoms with Gasteiger partial charge in [0, 0.05) is 12.1 Å². The summed E-state index contributed by atoms with van der Waals surface area (Å²) in [7, 11) is 0. The second-order valence-corrected chi connectivity index (χ2v) is 4.73. The SMILES string of the molecule is O=C1N[C@@]2(CCCNC2)N=C1c1ccc(F)cc1. The second kappa shape index (κ2) is 4.17. The van der Waals surface area contributed by atoms with E-state index in [0.29, 0.717) is 17.8 Å². The average molecular weight is 247 g/mol. The molecule has 1 spiro atoms. The highest BCUT2D eigenvalue weighted by molar-refractivity contribution is 6.46. The van der Waals surface area contributed by atoms with E-state index in [1.807, 2.05) is 0 Å². The van der Waals surface area contributed by atoms with Gasteiger partial charge in [-0.1, -0.05) is 0 Å². The number of nitrogens with zero attached hydrogens (tertiary/aromatic N) is 1. The summed E-state index contributed by atoms with van der Waals surface area (Å²) in [6.07, 6.45) is 1.83. The van der Waals surface area contributed by atoms with E-state index in [1.54, 1.807) is 12.1 Å². The van der Waals surface area contributed by atoms with Gasteiger partial charge in [0.15, 0.2) is 0 Å². The van der Waals surface area contributed by atoms with E-state index in [0.717, 1.165) is 19.4 Å². The van der Waals surface area contributed by atoms with Gasteiger partial charge in [-0.2, -0.15) is 0 Å². The van der Waals surface area contributed by atoms with Crippen molar-refractivity contribution in [3.63, 3.8) is 0 Å². The van der Waals surface area contributed by atoms with E-state index in [9.17, 15) is 9.18 Å². The van der Waals surface area contributed by atoms with Gasteiger partial charge in [-0.15, -0.1) is 0 Å². The summed E-state index contributed by atoms with van der Waals surface area (Å²) in [4.78, 5) is 16.5. The summed E-state index contributed by atoms with van der Waals surface area (Å²) in [5.41, 5.74) is 0.564. The molecule has 4 nitrogen and oxygen atoms in total. The maximum atomic E-state index is 12.9. The highest BCUT2D eigenvalue weighted by Crippen LogP contribution is 2.24. The van der Waals surface area contributed by atoms with Crippen LogP contribution in [0, 0.1) is 5.82 Å². The first-order chi connectivity index (χ1) is 8.69.